The third-order valence-electron chi connectivity index (χ3n) is 9.40. The number of aliphatic hydroxyl groups is 2. The molecule has 1 heterocycles. The highest BCUT2D eigenvalue weighted by Crippen LogP contribution is 2.63. The van der Waals surface area contributed by atoms with Gasteiger partial charge in [0.25, 0.3) is 0 Å². The van der Waals surface area contributed by atoms with Crippen LogP contribution >= 0.6 is 0 Å². The topological polar surface area (TPSA) is 65.4 Å². The summed E-state index contributed by atoms with van der Waals surface area (Å²) in [5.41, 5.74) is 3.03. The molecule has 4 rings (SSSR count). The van der Waals surface area contributed by atoms with Crippen LogP contribution in [0.3, 0.4) is 0 Å². The fourth-order valence-corrected chi connectivity index (χ4v) is 7.35. The largest absolute Gasteiger partial charge is 0.396 e. The highest BCUT2D eigenvalue weighted by atomic mass is 16.3. The fraction of sp³-hybridized carbons (Fsp3) is 0.731. The van der Waals surface area contributed by atoms with Crippen molar-refractivity contribution in [3.63, 3.8) is 0 Å². The molecule has 0 amide bonds. The average molecular weight is 413 g/mol. The standard InChI is InChI=1S/C26H40N2O2/c1-18-6-7-23-22(16-28-15-19-5-4-12-27-14-19)24(9-11-25(18,23)2)26(3)10-8-21(30)13-20(26)17-29/h4-5,12,14,20-24,28-30H,1,6-11,13,15-17H2,2-3H3. The lowest BCUT2D eigenvalue weighted by Crippen LogP contribution is -2.53. The molecule has 0 radical (unpaired) electrons. The van der Waals surface area contributed by atoms with Gasteiger partial charge in [-0.15, -0.1) is 0 Å². The number of fused-ring (bicyclic) bond motifs is 1. The number of allylic oxidation sites excluding steroid dienone is 1. The van der Waals surface area contributed by atoms with Gasteiger partial charge < -0.3 is 15.5 Å². The molecule has 0 bridgehead atoms. The van der Waals surface area contributed by atoms with E-state index in [2.05, 4.69) is 36.8 Å². The van der Waals surface area contributed by atoms with E-state index >= 15 is 0 Å². The maximum Gasteiger partial charge on any atom is 0.0544 e. The van der Waals surface area contributed by atoms with Crippen molar-refractivity contribution in [1.29, 1.82) is 0 Å². The molecule has 166 valence electrons. The fourth-order valence-electron chi connectivity index (χ4n) is 7.35. The second-order valence-corrected chi connectivity index (χ2v) is 10.8. The van der Waals surface area contributed by atoms with Crippen LogP contribution < -0.4 is 5.32 Å². The SMILES string of the molecule is C=C1CCC2C(CNCc3cccnc3)C(C3(C)CCC(O)CC3CO)CCC12C. The molecule has 30 heavy (non-hydrogen) atoms. The Balaban J connectivity index is 1.57. The van der Waals surface area contributed by atoms with Crippen LogP contribution in [0.25, 0.3) is 0 Å². The lowest BCUT2D eigenvalue weighted by atomic mass is 9.49. The molecule has 0 saturated heterocycles. The van der Waals surface area contributed by atoms with E-state index < -0.39 is 0 Å². The maximum absolute atomic E-state index is 10.3. The number of pyridine rings is 1. The summed E-state index contributed by atoms with van der Waals surface area (Å²) >= 11 is 0. The molecular weight excluding hydrogens is 372 g/mol. The smallest absolute Gasteiger partial charge is 0.0544 e. The van der Waals surface area contributed by atoms with Gasteiger partial charge in [-0.2, -0.15) is 0 Å². The number of hydrogen-bond donors (Lipinski definition) is 3. The van der Waals surface area contributed by atoms with E-state index in [4.69, 9.17) is 0 Å². The molecule has 3 N–H and O–H groups in total. The Morgan fingerprint density at radius 3 is 2.77 bits per heavy atom. The first-order valence-corrected chi connectivity index (χ1v) is 12.0. The summed E-state index contributed by atoms with van der Waals surface area (Å²) in [7, 11) is 0. The van der Waals surface area contributed by atoms with Gasteiger partial charge >= 0.3 is 0 Å². The second-order valence-electron chi connectivity index (χ2n) is 10.8. The van der Waals surface area contributed by atoms with Crippen molar-refractivity contribution in [1.82, 2.24) is 10.3 Å². The van der Waals surface area contributed by atoms with E-state index in [9.17, 15) is 10.2 Å². The Morgan fingerprint density at radius 1 is 1.20 bits per heavy atom. The summed E-state index contributed by atoms with van der Waals surface area (Å²) in [4.78, 5) is 4.25. The molecule has 3 aliphatic rings. The van der Waals surface area contributed by atoms with Crippen molar-refractivity contribution in [3.8, 4) is 0 Å². The maximum atomic E-state index is 10.3. The molecule has 7 unspecified atom stereocenters. The summed E-state index contributed by atoms with van der Waals surface area (Å²) < 4.78 is 0. The van der Waals surface area contributed by atoms with Gasteiger partial charge in [0, 0.05) is 25.5 Å². The zero-order chi connectivity index (χ0) is 21.4. The minimum absolute atomic E-state index is 0.0971. The van der Waals surface area contributed by atoms with Crippen molar-refractivity contribution < 1.29 is 10.2 Å². The van der Waals surface area contributed by atoms with Gasteiger partial charge in [0.15, 0.2) is 0 Å². The van der Waals surface area contributed by atoms with Gasteiger partial charge in [-0.3, -0.25) is 4.98 Å². The first-order chi connectivity index (χ1) is 14.4. The number of hydrogen-bond acceptors (Lipinski definition) is 4. The minimum atomic E-state index is -0.252. The van der Waals surface area contributed by atoms with Gasteiger partial charge in [0.05, 0.1) is 6.10 Å². The van der Waals surface area contributed by atoms with E-state index in [0.29, 0.717) is 17.8 Å². The van der Waals surface area contributed by atoms with Gasteiger partial charge in [-0.05, 0) is 97.6 Å². The molecule has 3 saturated carbocycles. The minimum Gasteiger partial charge on any atom is -0.396 e. The summed E-state index contributed by atoms with van der Waals surface area (Å²) in [6.07, 6.45) is 11.0. The van der Waals surface area contributed by atoms with E-state index in [1.807, 2.05) is 18.5 Å². The van der Waals surface area contributed by atoms with Crippen molar-refractivity contribution in [2.24, 2.45) is 34.5 Å². The number of aromatic nitrogens is 1. The highest BCUT2D eigenvalue weighted by molar-refractivity contribution is 5.21. The Labute approximate surface area is 182 Å². The van der Waals surface area contributed by atoms with Crippen LogP contribution in [0.1, 0.15) is 64.4 Å². The average Bonchev–Trinajstić information content (AvgIpc) is 3.05. The van der Waals surface area contributed by atoms with Crippen LogP contribution in [0.5, 0.6) is 0 Å². The molecule has 1 aromatic rings. The number of rotatable bonds is 6. The van der Waals surface area contributed by atoms with Crippen LogP contribution in [-0.4, -0.2) is 34.5 Å². The van der Waals surface area contributed by atoms with Gasteiger partial charge in [0.2, 0.25) is 0 Å². The Kier molecular flexibility index (Phi) is 6.39. The van der Waals surface area contributed by atoms with Crippen LogP contribution in [0.15, 0.2) is 36.7 Å². The van der Waals surface area contributed by atoms with E-state index in [1.54, 1.807) is 0 Å². The van der Waals surface area contributed by atoms with Crippen LogP contribution in [-0.2, 0) is 6.54 Å². The molecule has 7 atom stereocenters. The summed E-state index contributed by atoms with van der Waals surface area (Å²) in [5.74, 6) is 2.01. The van der Waals surface area contributed by atoms with Gasteiger partial charge in [-0.25, -0.2) is 0 Å². The summed E-state index contributed by atoms with van der Waals surface area (Å²) in [5, 5.41) is 24.2. The molecule has 3 fully saturated rings. The third-order valence-corrected chi connectivity index (χ3v) is 9.40. The third kappa shape index (κ3) is 3.87. The zero-order valence-corrected chi connectivity index (χ0v) is 18.8. The molecule has 0 aliphatic heterocycles. The van der Waals surface area contributed by atoms with E-state index in [0.717, 1.165) is 38.8 Å². The first kappa shape index (κ1) is 22.0. The predicted molar refractivity (Wildman–Crippen MR) is 121 cm³/mol. The van der Waals surface area contributed by atoms with Crippen molar-refractivity contribution in [2.45, 2.75) is 71.4 Å². The number of nitrogens with one attached hydrogen (secondary N) is 1. The lowest BCUT2D eigenvalue weighted by molar-refractivity contribution is -0.0933. The van der Waals surface area contributed by atoms with E-state index in [-0.39, 0.29) is 29.5 Å². The summed E-state index contributed by atoms with van der Waals surface area (Å²) in [6, 6.07) is 4.13. The summed E-state index contributed by atoms with van der Waals surface area (Å²) in [6.45, 7) is 11.4. The van der Waals surface area contributed by atoms with Crippen molar-refractivity contribution in [2.75, 3.05) is 13.2 Å². The van der Waals surface area contributed by atoms with Crippen LogP contribution in [0.2, 0.25) is 0 Å². The molecule has 4 nitrogen and oxygen atoms in total. The highest BCUT2D eigenvalue weighted by Gasteiger charge is 2.56. The Hall–Kier alpha value is -1.23. The lowest BCUT2D eigenvalue weighted by Gasteiger charge is -2.56. The van der Waals surface area contributed by atoms with E-state index in [1.165, 1.54) is 30.4 Å². The molecule has 1 aromatic heterocycles. The normalized spacial score (nSPS) is 41.6. The predicted octanol–water partition coefficient (Wildman–Crippen LogP) is 4.33. The quantitative estimate of drug-likeness (QED) is 0.609. The Morgan fingerprint density at radius 2 is 2.03 bits per heavy atom. The first-order valence-electron chi connectivity index (χ1n) is 12.0. The molecule has 0 spiro atoms. The zero-order valence-electron chi connectivity index (χ0n) is 18.8. The molecule has 0 aromatic carbocycles. The number of aliphatic hydroxyl groups excluding tert-OH is 2. The number of nitrogens with zero attached hydrogens (tertiary/aromatic N) is 1. The molecule has 4 heteroatoms. The molecule has 3 aliphatic carbocycles. The van der Waals surface area contributed by atoms with Crippen LogP contribution in [0, 0.1) is 34.5 Å². The van der Waals surface area contributed by atoms with Crippen molar-refractivity contribution >= 4 is 0 Å². The molecular formula is C26H40N2O2. The Bertz CT molecular complexity index is 738. The second kappa shape index (κ2) is 8.72. The van der Waals surface area contributed by atoms with Gasteiger partial charge in [-0.1, -0.05) is 32.1 Å². The monoisotopic (exact) mass is 412 g/mol. The van der Waals surface area contributed by atoms with Crippen LogP contribution in [0.4, 0.5) is 0 Å². The van der Waals surface area contributed by atoms with Crippen molar-refractivity contribution in [3.05, 3.63) is 42.2 Å². The van der Waals surface area contributed by atoms with Gasteiger partial charge in [0.1, 0.15) is 0 Å².